The zero-order chi connectivity index (χ0) is 11.3. The maximum atomic E-state index is 13.2. The van der Waals surface area contributed by atoms with Crippen LogP contribution in [0, 0.1) is 5.82 Å². The van der Waals surface area contributed by atoms with Crippen molar-refractivity contribution in [2.24, 2.45) is 0 Å². The van der Waals surface area contributed by atoms with Crippen molar-refractivity contribution in [3.8, 4) is 0 Å². The minimum Gasteiger partial charge on any atom is -0.478 e. The molecule has 0 spiro atoms. The minimum atomic E-state index is -1.05. The largest absolute Gasteiger partial charge is 0.478 e. The predicted molar refractivity (Wildman–Crippen MR) is 60.8 cm³/mol. The van der Waals surface area contributed by atoms with Crippen LogP contribution in [0.2, 0.25) is 0 Å². The van der Waals surface area contributed by atoms with Gasteiger partial charge in [-0.25, -0.2) is 9.18 Å². The maximum absolute atomic E-state index is 13.2. The molecule has 0 fully saturated rings. The number of hydrogen-bond acceptors (Lipinski definition) is 1. The first-order valence-electron chi connectivity index (χ1n) is 4.40. The lowest BCUT2D eigenvalue weighted by Gasteiger charge is -1.99. The zero-order valence-corrected chi connectivity index (χ0v) is 9.50. The molecule has 80 valence electrons. The Hall–Kier alpha value is -1.16. The van der Waals surface area contributed by atoms with Gasteiger partial charge in [-0.1, -0.05) is 28.1 Å². The van der Waals surface area contributed by atoms with Gasteiger partial charge < -0.3 is 5.11 Å². The summed E-state index contributed by atoms with van der Waals surface area (Å²) < 4.78 is 13.2. The van der Waals surface area contributed by atoms with Crippen LogP contribution in [0.3, 0.4) is 0 Å². The lowest BCUT2D eigenvalue weighted by atomic mass is 10.1. The molecular formula is C11H10BrFO2. The second-order valence-corrected chi connectivity index (χ2v) is 3.71. The molecule has 4 heteroatoms. The smallest absolute Gasteiger partial charge is 0.335 e. The molecule has 0 amide bonds. The van der Waals surface area contributed by atoms with Crippen LogP contribution >= 0.6 is 15.9 Å². The molecular weight excluding hydrogens is 263 g/mol. The Bertz CT molecular complexity index is 388. The first kappa shape index (κ1) is 11.9. The summed E-state index contributed by atoms with van der Waals surface area (Å²) in [4.78, 5) is 10.6. The Kier molecular flexibility index (Phi) is 4.49. The van der Waals surface area contributed by atoms with Crippen molar-refractivity contribution in [3.05, 3.63) is 41.2 Å². The molecule has 0 saturated heterocycles. The average molecular weight is 273 g/mol. The SMILES string of the molecule is O=C(O)c1ccc(F)c(C=CCCBr)c1. The summed E-state index contributed by atoms with van der Waals surface area (Å²) in [5, 5.41) is 9.51. The average Bonchev–Trinajstić information content (AvgIpc) is 2.20. The van der Waals surface area contributed by atoms with Crippen LogP contribution in [0.25, 0.3) is 6.08 Å². The molecule has 0 radical (unpaired) electrons. The lowest BCUT2D eigenvalue weighted by Crippen LogP contribution is -1.97. The van der Waals surface area contributed by atoms with Gasteiger partial charge in [0.2, 0.25) is 0 Å². The van der Waals surface area contributed by atoms with Gasteiger partial charge in [0.25, 0.3) is 0 Å². The molecule has 15 heavy (non-hydrogen) atoms. The van der Waals surface area contributed by atoms with Gasteiger partial charge in [-0.3, -0.25) is 0 Å². The molecule has 0 aliphatic carbocycles. The van der Waals surface area contributed by atoms with Crippen LogP contribution < -0.4 is 0 Å². The first-order chi connectivity index (χ1) is 7.15. The van der Waals surface area contributed by atoms with Crippen LogP contribution in [-0.2, 0) is 0 Å². The number of halogens is 2. The summed E-state index contributed by atoms with van der Waals surface area (Å²) in [5.74, 6) is -1.46. The Balaban J connectivity index is 2.95. The molecule has 1 N–H and O–H groups in total. The van der Waals surface area contributed by atoms with Gasteiger partial charge in [-0.05, 0) is 24.6 Å². The molecule has 0 atom stereocenters. The molecule has 1 aromatic rings. The number of alkyl halides is 1. The van der Waals surface area contributed by atoms with Crippen molar-refractivity contribution in [2.45, 2.75) is 6.42 Å². The second kappa shape index (κ2) is 5.66. The van der Waals surface area contributed by atoms with Crippen molar-refractivity contribution >= 4 is 28.0 Å². The van der Waals surface area contributed by atoms with Crippen LogP contribution in [0.5, 0.6) is 0 Å². The number of carboxylic acids is 1. The summed E-state index contributed by atoms with van der Waals surface area (Å²) in [7, 11) is 0. The fourth-order valence-electron chi connectivity index (χ4n) is 1.08. The van der Waals surface area contributed by atoms with Gasteiger partial charge >= 0.3 is 5.97 Å². The predicted octanol–water partition coefficient (Wildman–Crippen LogP) is 3.32. The summed E-state index contributed by atoms with van der Waals surface area (Å²) in [6, 6.07) is 3.74. The standard InChI is InChI=1S/C11H10BrFO2/c12-6-2-1-3-8-7-9(11(14)15)4-5-10(8)13/h1,3-5,7H,2,6H2,(H,14,15). The lowest BCUT2D eigenvalue weighted by molar-refractivity contribution is 0.0697. The van der Waals surface area contributed by atoms with Crippen molar-refractivity contribution in [2.75, 3.05) is 5.33 Å². The van der Waals surface area contributed by atoms with E-state index in [1.165, 1.54) is 12.1 Å². The Labute approximate surface area is 95.6 Å². The monoisotopic (exact) mass is 272 g/mol. The second-order valence-electron chi connectivity index (χ2n) is 2.92. The molecule has 1 rings (SSSR count). The van der Waals surface area contributed by atoms with Crippen LogP contribution in [0.1, 0.15) is 22.3 Å². The molecule has 0 heterocycles. The molecule has 2 nitrogen and oxygen atoms in total. The van der Waals surface area contributed by atoms with Crippen molar-refractivity contribution < 1.29 is 14.3 Å². The van der Waals surface area contributed by atoms with E-state index in [9.17, 15) is 9.18 Å². The molecule has 0 unspecified atom stereocenters. The van der Waals surface area contributed by atoms with Crippen LogP contribution in [0.15, 0.2) is 24.3 Å². The summed E-state index contributed by atoms with van der Waals surface area (Å²) >= 11 is 3.24. The summed E-state index contributed by atoms with van der Waals surface area (Å²) in [6.07, 6.45) is 4.15. The van der Waals surface area contributed by atoms with Gasteiger partial charge in [0.05, 0.1) is 5.56 Å². The fourth-order valence-corrected chi connectivity index (χ4v) is 1.34. The quantitative estimate of drug-likeness (QED) is 0.854. The summed E-state index contributed by atoms with van der Waals surface area (Å²) in [5.41, 5.74) is 0.394. The summed E-state index contributed by atoms with van der Waals surface area (Å²) in [6.45, 7) is 0. The Morgan fingerprint density at radius 3 is 2.87 bits per heavy atom. The molecule has 0 aliphatic rings. The van der Waals surface area contributed by atoms with E-state index in [1.807, 2.05) is 0 Å². The molecule has 0 aliphatic heterocycles. The van der Waals surface area contributed by atoms with Gasteiger partial charge in [0.15, 0.2) is 0 Å². The third-order valence-electron chi connectivity index (χ3n) is 1.82. The van der Waals surface area contributed by atoms with Crippen molar-refractivity contribution in [3.63, 3.8) is 0 Å². The van der Waals surface area contributed by atoms with E-state index in [4.69, 9.17) is 5.11 Å². The van der Waals surface area contributed by atoms with Crippen molar-refractivity contribution in [1.29, 1.82) is 0 Å². The number of aromatic carboxylic acids is 1. The van der Waals surface area contributed by atoms with Gasteiger partial charge in [0, 0.05) is 10.9 Å². The van der Waals surface area contributed by atoms with Gasteiger partial charge in [-0.15, -0.1) is 0 Å². The number of carbonyl (C=O) groups is 1. The van der Waals surface area contributed by atoms with E-state index in [2.05, 4.69) is 15.9 Å². The van der Waals surface area contributed by atoms with E-state index >= 15 is 0 Å². The van der Waals surface area contributed by atoms with Crippen molar-refractivity contribution in [1.82, 2.24) is 0 Å². The van der Waals surface area contributed by atoms with E-state index in [-0.39, 0.29) is 5.56 Å². The number of carboxylic acid groups (broad SMARTS) is 1. The van der Waals surface area contributed by atoms with E-state index < -0.39 is 11.8 Å². The van der Waals surface area contributed by atoms with E-state index in [1.54, 1.807) is 12.2 Å². The third kappa shape index (κ3) is 3.47. The molecule has 0 saturated carbocycles. The third-order valence-corrected chi connectivity index (χ3v) is 2.27. The van der Waals surface area contributed by atoms with Crippen LogP contribution in [-0.4, -0.2) is 16.4 Å². The topological polar surface area (TPSA) is 37.3 Å². The highest BCUT2D eigenvalue weighted by atomic mass is 79.9. The highest BCUT2D eigenvalue weighted by Gasteiger charge is 2.05. The highest BCUT2D eigenvalue weighted by molar-refractivity contribution is 9.09. The number of hydrogen-bond donors (Lipinski definition) is 1. The first-order valence-corrected chi connectivity index (χ1v) is 5.52. The number of allylic oxidation sites excluding steroid dienone is 1. The number of rotatable bonds is 4. The fraction of sp³-hybridized carbons (Fsp3) is 0.182. The Morgan fingerprint density at radius 2 is 2.27 bits per heavy atom. The van der Waals surface area contributed by atoms with Crippen LogP contribution in [0.4, 0.5) is 4.39 Å². The molecule has 0 bridgehead atoms. The minimum absolute atomic E-state index is 0.0925. The number of benzene rings is 1. The normalized spacial score (nSPS) is 10.8. The zero-order valence-electron chi connectivity index (χ0n) is 7.91. The Morgan fingerprint density at radius 1 is 1.53 bits per heavy atom. The van der Waals surface area contributed by atoms with Gasteiger partial charge in [-0.2, -0.15) is 0 Å². The molecule has 0 aromatic heterocycles. The van der Waals surface area contributed by atoms with E-state index in [0.717, 1.165) is 17.8 Å². The molecule has 1 aromatic carbocycles. The maximum Gasteiger partial charge on any atom is 0.335 e. The van der Waals surface area contributed by atoms with E-state index in [0.29, 0.717) is 5.56 Å². The highest BCUT2D eigenvalue weighted by Crippen LogP contribution is 2.13. The van der Waals surface area contributed by atoms with Gasteiger partial charge in [0.1, 0.15) is 5.82 Å².